The minimum atomic E-state index is -3.40. The molecule has 0 radical (unpaired) electrons. The van der Waals surface area contributed by atoms with Gasteiger partial charge < -0.3 is 5.32 Å². The van der Waals surface area contributed by atoms with Gasteiger partial charge in [0.15, 0.2) is 5.13 Å². The van der Waals surface area contributed by atoms with Crippen molar-refractivity contribution in [3.63, 3.8) is 0 Å². The number of nitrogens with one attached hydrogen (secondary N) is 1. The lowest BCUT2D eigenvalue weighted by molar-refractivity contribution is -0.120. The van der Waals surface area contributed by atoms with Crippen LogP contribution in [0.2, 0.25) is 0 Å². The van der Waals surface area contributed by atoms with Gasteiger partial charge >= 0.3 is 0 Å². The molecular weight excluding hydrogens is 370 g/mol. The number of carbonyl (C=O) groups excluding carboxylic acids is 1. The zero-order chi connectivity index (χ0) is 18.9. The highest BCUT2D eigenvalue weighted by molar-refractivity contribution is 7.88. The first-order valence-corrected chi connectivity index (χ1v) is 11.3. The lowest BCUT2D eigenvalue weighted by Gasteiger charge is -2.32. The normalized spacial score (nSPS) is 18.7. The van der Waals surface area contributed by atoms with Crippen molar-refractivity contribution >= 4 is 32.4 Å². The number of hydrogen-bond donors (Lipinski definition) is 1. The standard InChI is InChI=1S/C18H23N3O3S2/c1-12-7-8-14(10-13(12)2)15-11-25-18(19-15)20-17(22)16-6-4-5-9-21(16)26(3,23)24/h7-8,10-11,16H,4-6,9H2,1-3H3,(H,19,20,22). The molecule has 1 aliphatic heterocycles. The van der Waals surface area contributed by atoms with Crippen LogP contribution in [0.25, 0.3) is 11.3 Å². The molecule has 3 rings (SSSR count). The Morgan fingerprint density at radius 3 is 2.73 bits per heavy atom. The third kappa shape index (κ3) is 4.13. The van der Waals surface area contributed by atoms with E-state index >= 15 is 0 Å². The van der Waals surface area contributed by atoms with Crippen LogP contribution >= 0.6 is 11.3 Å². The van der Waals surface area contributed by atoms with Gasteiger partial charge in [0.05, 0.1) is 11.9 Å². The van der Waals surface area contributed by atoms with Crippen molar-refractivity contribution in [2.45, 2.75) is 39.2 Å². The topological polar surface area (TPSA) is 79.4 Å². The number of piperidine rings is 1. The smallest absolute Gasteiger partial charge is 0.244 e. The summed E-state index contributed by atoms with van der Waals surface area (Å²) in [6.45, 7) is 4.50. The van der Waals surface area contributed by atoms with E-state index in [9.17, 15) is 13.2 Å². The highest BCUT2D eigenvalue weighted by Crippen LogP contribution is 2.27. The molecule has 8 heteroatoms. The van der Waals surface area contributed by atoms with Gasteiger partial charge in [-0.25, -0.2) is 13.4 Å². The summed E-state index contributed by atoms with van der Waals surface area (Å²) in [6.07, 6.45) is 3.31. The molecule has 1 amide bonds. The number of hydrogen-bond acceptors (Lipinski definition) is 5. The van der Waals surface area contributed by atoms with Crippen LogP contribution in [0.3, 0.4) is 0 Å². The summed E-state index contributed by atoms with van der Waals surface area (Å²) in [5, 5.41) is 5.18. The van der Waals surface area contributed by atoms with Crippen LogP contribution in [0.5, 0.6) is 0 Å². The van der Waals surface area contributed by atoms with Crippen molar-refractivity contribution in [3.8, 4) is 11.3 Å². The van der Waals surface area contributed by atoms with E-state index in [0.717, 1.165) is 30.4 Å². The van der Waals surface area contributed by atoms with Gasteiger partial charge in [0.2, 0.25) is 15.9 Å². The van der Waals surface area contributed by atoms with Crippen LogP contribution in [-0.2, 0) is 14.8 Å². The van der Waals surface area contributed by atoms with E-state index in [1.165, 1.54) is 26.8 Å². The summed E-state index contributed by atoms with van der Waals surface area (Å²) in [6, 6.07) is 5.47. The third-order valence-corrected chi connectivity index (χ3v) is 6.77. The zero-order valence-corrected chi connectivity index (χ0v) is 16.8. The molecule has 0 spiro atoms. The number of anilines is 1. The molecule has 2 aromatic rings. The zero-order valence-electron chi connectivity index (χ0n) is 15.2. The predicted octanol–water partition coefficient (Wildman–Crippen LogP) is 3.18. The third-order valence-electron chi connectivity index (χ3n) is 4.72. The summed E-state index contributed by atoms with van der Waals surface area (Å²) in [5.41, 5.74) is 4.21. The van der Waals surface area contributed by atoms with Crippen molar-refractivity contribution < 1.29 is 13.2 Å². The quantitative estimate of drug-likeness (QED) is 0.865. The lowest BCUT2D eigenvalue weighted by Crippen LogP contribution is -2.49. The molecule has 1 aliphatic rings. The Bertz CT molecular complexity index is 922. The van der Waals surface area contributed by atoms with Crippen molar-refractivity contribution in [1.29, 1.82) is 0 Å². The van der Waals surface area contributed by atoms with Crippen LogP contribution in [0.4, 0.5) is 5.13 Å². The monoisotopic (exact) mass is 393 g/mol. The van der Waals surface area contributed by atoms with Crippen LogP contribution < -0.4 is 5.32 Å². The Labute approximate surface area is 158 Å². The van der Waals surface area contributed by atoms with Crippen molar-refractivity contribution in [2.24, 2.45) is 0 Å². The molecule has 140 valence electrons. The van der Waals surface area contributed by atoms with Crippen molar-refractivity contribution in [3.05, 3.63) is 34.7 Å². The van der Waals surface area contributed by atoms with E-state index in [1.807, 2.05) is 17.5 Å². The fourth-order valence-corrected chi connectivity index (χ4v) is 4.96. The second-order valence-electron chi connectivity index (χ2n) is 6.71. The lowest BCUT2D eigenvalue weighted by atomic mass is 10.0. The van der Waals surface area contributed by atoms with E-state index < -0.39 is 16.1 Å². The van der Waals surface area contributed by atoms with Gasteiger partial charge in [-0.3, -0.25) is 4.79 Å². The van der Waals surface area contributed by atoms with Crippen LogP contribution in [-0.4, -0.2) is 42.5 Å². The van der Waals surface area contributed by atoms with Gasteiger partial charge in [-0.15, -0.1) is 11.3 Å². The maximum absolute atomic E-state index is 12.6. The van der Waals surface area contributed by atoms with Crippen LogP contribution in [0.1, 0.15) is 30.4 Å². The number of thiazole rings is 1. The Hall–Kier alpha value is -1.77. The van der Waals surface area contributed by atoms with Gasteiger partial charge in [0.25, 0.3) is 0 Å². The van der Waals surface area contributed by atoms with Crippen LogP contribution in [0, 0.1) is 13.8 Å². The molecule has 26 heavy (non-hydrogen) atoms. The molecule has 1 N–H and O–H groups in total. The molecule has 1 saturated heterocycles. The molecule has 1 aromatic carbocycles. The fraction of sp³-hybridized carbons (Fsp3) is 0.444. The van der Waals surface area contributed by atoms with E-state index in [1.54, 1.807) is 0 Å². The minimum absolute atomic E-state index is 0.309. The maximum Gasteiger partial charge on any atom is 0.244 e. The Kier molecular flexibility index (Phi) is 5.45. The number of rotatable bonds is 4. The molecule has 1 aromatic heterocycles. The SMILES string of the molecule is Cc1ccc(-c2csc(NC(=O)C3CCCCN3S(C)(=O)=O)n2)cc1C. The van der Waals surface area contributed by atoms with Gasteiger partial charge in [0, 0.05) is 17.5 Å². The van der Waals surface area contributed by atoms with E-state index in [4.69, 9.17) is 0 Å². The number of amides is 1. The largest absolute Gasteiger partial charge is 0.301 e. The molecular formula is C18H23N3O3S2. The molecule has 0 bridgehead atoms. The average molecular weight is 394 g/mol. The fourth-order valence-electron chi connectivity index (χ4n) is 3.12. The van der Waals surface area contributed by atoms with Crippen LogP contribution in [0.15, 0.2) is 23.6 Å². The second-order valence-corrected chi connectivity index (χ2v) is 9.50. The summed E-state index contributed by atoms with van der Waals surface area (Å²) in [4.78, 5) is 17.1. The maximum atomic E-state index is 12.6. The molecule has 6 nitrogen and oxygen atoms in total. The average Bonchev–Trinajstić information content (AvgIpc) is 3.05. The molecule has 1 fully saturated rings. The minimum Gasteiger partial charge on any atom is -0.301 e. The molecule has 1 atom stereocenters. The van der Waals surface area contributed by atoms with Crippen molar-refractivity contribution in [1.82, 2.24) is 9.29 Å². The highest BCUT2D eigenvalue weighted by atomic mass is 32.2. The predicted molar refractivity (Wildman–Crippen MR) is 105 cm³/mol. The number of carbonyl (C=O) groups is 1. The second kappa shape index (κ2) is 7.46. The number of benzene rings is 1. The first kappa shape index (κ1) is 19.0. The van der Waals surface area contributed by atoms with Gasteiger partial charge in [0.1, 0.15) is 6.04 Å². The molecule has 2 heterocycles. The van der Waals surface area contributed by atoms with Gasteiger partial charge in [-0.05, 0) is 43.9 Å². The Morgan fingerprint density at radius 1 is 1.27 bits per heavy atom. The number of aryl methyl sites for hydroxylation is 2. The summed E-state index contributed by atoms with van der Waals surface area (Å²) < 4.78 is 25.2. The summed E-state index contributed by atoms with van der Waals surface area (Å²) in [5.74, 6) is -0.309. The van der Waals surface area contributed by atoms with E-state index in [2.05, 4.69) is 30.2 Å². The van der Waals surface area contributed by atoms with E-state index in [0.29, 0.717) is 18.1 Å². The summed E-state index contributed by atoms with van der Waals surface area (Å²) in [7, 11) is -3.40. The number of sulfonamides is 1. The van der Waals surface area contributed by atoms with Gasteiger partial charge in [-0.1, -0.05) is 18.6 Å². The number of nitrogens with zero attached hydrogens (tertiary/aromatic N) is 2. The number of aromatic nitrogens is 1. The van der Waals surface area contributed by atoms with Crippen molar-refractivity contribution in [2.75, 3.05) is 18.1 Å². The molecule has 0 aliphatic carbocycles. The van der Waals surface area contributed by atoms with Gasteiger partial charge in [-0.2, -0.15) is 4.31 Å². The Balaban J connectivity index is 1.75. The summed E-state index contributed by atoms with van der Waals surface area (Å²) >= 11 is 1.34. The highest BCUT2D eigenvalue weighted by Gasteiger charge is 2.34. The van der Waals surface area contributed by atoms with E-state index in [-0.39, 0.29) is 5.91 Å². The first-order chi connectivity index (χ1) is 12.3. The first-order valence-electron chi connectivity index (χ1n) is 8.56. The Morgan fingerprint density at radius 2 is 2.04 bits per heavy atom. The molecule has 1 unspecified atom stereocenters. The molecule has 0 saturated carbocycles.